The fourth-order valence-electron chi connectivity index (χ4n) is 1.30. The van der Waals surface area contributed by atoms with Crippen LogP contribution < -0.4 is 5.73 Å². The van der Waals surface area contributed by atoms with E-state index < -0.39 is 0 Å². The lowest BCUT2D eigenvalue weighted by Crippen LogP contribution is -2.07. The van der Waals surface area contributed by atoms with Gasteiger partial charge >= 0.3 is 0 Å². The molecule has 0 saturated carbocycles. The molecular formula is C12H16BrNOS. The molecule has 0 bridgehead atoms. The third kappa shape index (κ3) is 5.58. The third-order valence-electron chi connectivity index (χ3n) is 2.18. The van der Waals surface area contributed by atoms with E-state index in [1.165, 1.54) is 5.56 Å². The number of halogens is 1. The quantitative estimate of drug-likeness (QED) is 0.619. The van der Waals surface area contributed by atoms with Crippen LogP contribution >= 0.6 is 28.1 Å². The van der Waals surface area contributed by atoms with Gasteiger partial charge in [-0.1, -0.05) is 46.3 Å². The van der Waals surface area contributed by atoms with Crippen LogP contribution in [0.5, 0.6) is 0 Å². The van der Waals surface area contributed by atoms with Crippen molar-refractivity contribution < 1.29 is 4.74 Å². The normalized spacial score (nSPS) is 10.3. The summed E-state index contributed by atoms with van der Waals surface area (Å²) in [6.45, 7) is 1.40. The fourth-order valence-corrected chi connectivity index (χ4v) is 1.84. The van der Waals surface area contributed by atoms with Gasteiger partial charge in [0, 0.05) is 11.1 Å². The van der Waals surface area contributed by atoms with Gasteiger partial charge in [-0.15, -0.1) is 0 Å². The largest absolute Gasteiger partial charge is 0.393 e. The van der Waals surface area contributed by atoms with Crippen LogP contribution in [0.25, 0.3) is 0 Å². The second kappa shape index (κ2) is 7.76. The fraction of sp³-hybridized carbons (Fsp3) is 0.417. The van der Waals surface area contributed by atoms with Crippen molar-refractivity contribution in [3.63, 3.8) is 0 Å². The van der Waals surface area contributed by atoms with E-state index in [0.29, 0.717) is 11.6 Å². The predicted molar refractivity (Wildman–Crippen MR) is 74.4 cm³/mol. The molecule has 0 fully saturated rings. The highest BCUT2D eigenvalue weighted by molar-refractivity contribution is 9.10. The summed E-state index contributed by atoms with van der Waals surface area (Å²) in [5, 5.41) is 0. The Kier molecular flexibility index (Phi) is 6.61. The van der Waals surface area contributed by atoms with Crippen LogP contribution in [0.4, 0.5) is 0 Å². The van der Waals surface area contributed by atoms with E-state index in [-0.39, 0.29) is 0 Å². The van der Waals surface area contributed by atoms with Crippen LogP contribution in [0, 0.1) is 0 Å². The molecule has 0 radical (unpaired) electrons. The molecule has 0 aliphatic heterocycles. The zero-order chi connectivity index (χ0) is 11.8. The summed E-state index contributed by atoms with van der Waals surface area (Å²) in [4.78, 5) is 0.589. The molecule has 1 aromatic carbocycles. The highest BCUT2D eigenvalue weighted by Gasteiger charge is 1.98. The highest BCUT2D eigenvalue weighted by atomic mass is 79.9. The highest BCUT2D eigenvalue weighted by Crippen LogP contribution is 2.16. The molecule has 0 atom stereocenters. The van der Waals surface area contributed by atoms with E-state index in [4.69, 9.17) is 22.7 Å². The van der Waals surface area contributed by atoms with Crippen molar-refractivity contribution in [1.29, 1.82) is 0 Å². The van der Waals surface area contributed by atoms with Crippen LogP contribution in [-0.4, -0.2) is 11.6 Å². The van der Waals surface area contributed by atoms with Crippen LogP contribution in [0.3, 0.4) is 0 Å². The molecule has 2 N–H and O–H groups in total. The van der Waals surface area contributed by atoms with Crippen molar-refractivity contribution >= 4 is 33.1 Å². The Labute approximate surface area is 110 Å². The molecule has 0 aromatic heterocycles. The zero-order valence-corrected chi connectivity index (χ0v) is 11.5. The molecule has 0 unspecified atom stereocenters. The second-order valence-electron chi connectivity index (χ2n) is 3.57. The second-order valence-corrected chi connectivity index (χ2v) is 4.95. The van der Waals surface area contributed by atoms with Gasteiger partial charge < -0.3 is 10.5 Å². The van der Waals surface area contributed by atoms with E-state index >= 15 is 0 Å². The maximum absolute atomic E-state index is 5.57. The Morgan fingerprint density at radius 2 is 2.06 bits per heavy atom. The van der Waals surface area contributed by atoms with E-state index in [9.17, 15) is 0 Å². The zero-order valence-electron chi connectivity index (χ0n) is 9.12. The number of rotatable bonds is 7. The Morgan fingerprint density at radius 1 is 1.31 bits per heavy atom. The maximum Gasteiger partial charge on any atom is 0.0727 e. The SMILES string of the molecule is NC(=S)CCCCOCc1ccccc1Br. The van der Waals surface area contributed by atoms with Crippen molar-refractivity contribution in [3.05, 3.63) is 34.3 Å². The predicted octanol–water partition coefficient (Wildman–Crippen LogP) is 3.42. The Bertz CT molecular complexity index is 344. The van der Waals surface area contributed by atoms with E-state index in [1.807, 2.05) is 18.2 Å². The summed E-state index contributed by atoms with van der Waals surface area (Å²) in [6.07, 6.45) is 2.82. The molecule has 0 spiro atoms. The van der Waals surface area contributed by atoms with Gasteiger partial charge in [0.15, 0.2) is 0 Å². The molecule has 0 amide bonds. The molecule has 0 heterocycles. The molecule has 0 aliphatic rings. The monoisotopic (exact) mass is 301 g/mol. The molecule has 1 aromatic rings. The minimum absolute atomic E-state index is 0.589. The molecule has 88 valence electrons. The lowest BCUT2D eigenvalue weighted by molar-refractivity contribution is 0.117. The first-order valence-electron chi connectivity index (χ1n) is 5.29. The summed E-state index contributed by atoms with van der Waals surface area (Å²) in [6, 6.07) is 8.08. The van der Waals surface area contributed by atoms with Crippen molar-refractivity contribution in [2.24, 2.45) is 5.73 Å². The topological polar surface area (TPSA) is 35.2 Å². The summed E-state index contributed by atoms with van der Waals surface area (Å²) in [5.74, 6) is 0. The van der Waals surface area contributed by atoms with Gasteiger partial charge in [0.2, 0.25) is 0 Å². The van der Waals surface area contributed by atoms with Gasteiger partial charge in [0.25, 0.3) is 0 Å². The van der Waals surface area contributed by atoms with Gasteiger partial charge in [0.1, 0.15) is 0 Å². The lowest BCUT2D eigenvalue weighted by atomic mass is 10.2. The first-order valence-corrected chi connectivity index (χ1v) is 6.49. The molecule has 0 aliphatic carbocycles. The average Bonchev–Trinajstić information content (AvgIpc) is 2.25. The lowest BCUT2D eigenvalue weighted by Gasteiger charge is -2.05. The van der Waals surface area contributed by atoms with Gasteiger partial charge in [0.05, 0.1) is 11.6 Å². The number of nitrogens with two attached hydrogens (primary N) is 1. The van der Waals surface area contributed by atoms with Crippen LogP contribution in [0.2, 0.25) is 0 Å². The molecule has 0 saturated heterocycles. The van der Waals surface area contributed by atoms with Gasteiger partial charge in [-0.3, -0.25) is 0 Å². The van der Waals surface area contributed by atoms with E-state index in [2.05, 4.69) is 22.0 Å². The average molecular weight is 302 g/mol. The Hall–Kier alpha value is -0.450. The van der Waals surface area contributed by atoms with Crippen molar-refractivity contribution in [1.82, 2.24) is 0 Å². The third-order valence-corrected chi connectivity index (χ3v) is 3.15. The number of hydrogen-bond acceptors (Lipinski definition) is 2. The summed E-state index contributed by atoms with van der Waals surface area (Å²) in [7, 11) is 0. The number of unbranched alkanes of at least 4 members (excludes halogenated alkanes) is 1. The Balaban J connectivity index is 2.12. The van der Waals surface area contributed by atoms with Crippen molar-refractivity contribution in [2.75, 3.05) is 6.61 Å². The smallest absolute Gasteiger partial charge is 0.0727 e. The minimum atomic E-state index is 0.589. The first-order chi connectivity index (χ1) is 7.70. The first kappa shape index (κ1) is 13.6. The van der Waals surface area contributed by atoms with E-state index in [0.717, 1.165) is 30.3 Å². The number of ether oxygens (including phenoxy) is 1. The molecule has 16 heavy (non-hydrogen) atoms. The molecule has 4 heteroatoms. The van der Waals surface area contributed by atoms with Crippen LogP contribution in [-0.2, 0) is 11.3 Å². The molecular weight excluding hydrogens is 286 g/mol. The number of hydrogen-bond donors (Lipinski definition) is 1. The van der Waals surface area contributed by atoms with Crippen molar-refractivity contribution in [3.8, 4) is 0 Å². The van der Waals surface area contributed by atoms with Crippen LogP contribution in [0.1, 0.15) is 24.8 Å². The van der Waals surface area contributed by atoms with Crippen LogP contribution in [0.15, 0.2) is 28.7 Å². The van der Waals surface area contributed by atoms with E-state index in [1.54, 1.807) is 0 Å². The maximum atomic E-state index is 5.57. The standard InChI is InChI=1S/C12H16BrNOS/c13-11-6-2-1-5-10(11)9-15-8-4-3-7-12(14)16/h1-2,5-6H,3-4,7-9H2,(H2,14,16). The number of benzene rings is 1. The van der Waals surface area contributed by atoms with Gasteiger partial charge in [-0.2, -0.15) is 0 Å². The Morgan fingerprint density at radius 3 is 2.75 bits per heavy atom. The minimum Gasteiger partial charge on any atom is -0.393 e. The molecule has 2 nitrogen and oxygen atoms in total. The molecule has 1 rings (SSSR count). The van der Waals surface area contributed by atoms with Gasteiger partial charge in [-0.05, 0) is 30.9 Å². The van der Waals surface area contributed by atoms with Gasteiger partial charge in [-0.25, -0.2) is 0 Å². The number of thiocarbonyl (C=S) groups is 1. The summed E-state index contributed by atoms with van der Waals surface area (Å²) < 4.78 is 6.66. The summed E-state index contributed by atoms with van der Waals surface area (Å²) >= 11 is 8.28. The summed E-state index contributed by atoms with van der Waals surface area (Å²) in [5.41, 5.74) is 6.58. The van der Waals surface area contributed by atoms with Crippen molar-refractivity contribution in [2.45, 2.75) is 25.9 Å².